The van der Waals surface area contributed by atoms with E-state index in [4.69, 9.17) is 29.0 Å². The third-order valence-corrected chi connectivity index (χ3v) is 6.79. The fourth-order valence-corrected chi connectivity index (χ4v) is 4.98. The van der Waals surface area contributed by atoms with Crippen molar-refractivity contribution in [1.82, 2.24) is 9.38 Å². The van der Waals surface area contributed by atoms with Gasteiger partial charge in [-0.15, -0.1) is 0 Å². The van der Waals surface area contributed by atoms with Gasteiger partial charge in [0, 0.05) is 24.4 Å². The molecule has 0 radical (unpaired) electrons. The largest absolute Gasteiger partial charge is 0.508 e. The molecule has 0 amide bonds. The number of benzene rings is 3. The standard InChI is InChI=1S/C32H31N3O5.CH4O/c1-20-7-10-25(11-8-20)37-13-16-40-29-6-4-5-28-34-31(30-21(2)17-24(36)18-22(30)3)32(35(28)29)33-23-9-12-26-27(19-23)39-15-14-38-26;1-2/h4-12,17-19,33,36H,13-16H2,1-3H3;2H,1H3. The van der Waals surface area contributed by atoms with E-state index in [1.807, 2.05) is 85.8 Å². The van der Waals surface area contributed by atoms with Gasteiger partial charge in [0.2, 0.25) is 5.88 Å². The Hall–Kier alpha value is -4.89. The lowest BCUT2D eigenvalue weighted by molar-refractivity contribution is 0.171. The number of phenols is 1. The molecule has 0 saturated carbocycles. The van der Waals surface area contributed by atoms with Crippen LogP contribution in [-0.4, -0.2) is 53.1 Å². The summed E-state index contributed by atoms with van der Waals surface area (Å²) in [4.78, 5) is 5.01. The third-order valence-electron chi connectivity index (χ3n) is 6.79. The number of anilines is 2. The van der Waals surface area contributed by atoms with E-state index in [2.05, 4.69) is 5.32 Å². The molecule has 0 unspecified atom stereocenters. The van der Waals surface area contributed by atoms with E-state index in [0.29, 0.717) is 38.1 Å². The number of fused-ring (bicyclic) bond motifs is 2. The second kappa shape index (κ2) is 12.7. The van der Waals surface area contributed by atoms with Crippen molar-refractivity contribution < 1.29 is 29.2 Å². The molecule has 0 spiro atoms. The number of ether oxygens (including phenoxy) is 4. The summed E-state index contributed by atoms with van der Waals surface area (Å²) in [5, 5.41) is 20.8. The zero-order valence-electron chi connectivity index (χ0n) is 24.2. The minimum atomic E-state index is 0.224. The number of hydrogen-bond acceptors (Lipinski definition) is 8. The molecular formula is C33H35N3O6. The minimum absolute atomic E-state index is 0.224. The van der Waals surface area contributed by atoms with Gasteiger partial charge >= 0.3 is 0 Å². The van der Waals surface area contributed by atoms with Crippen LogP contribution in [0.5, 0.6) is 28.9 Å². The highest BCUT2D eigenvalue weighted by molar-refractivity contribution is 5.84. The Morgan fingerprint density at radius 3 is 2.26 bits per heavy atom. The summed E-state index contributed by atoms with van der Waals surface area (Å²) < 4.78 is 25.6. The maximum Gasteiger partial charge on any atom is 0.201 e. The number of imidazole rings is 1. The van der Waals surface area contributed by atoms with Crippen molar-refractivity contribution in [3.8, 4) is 40.1 Å². The number of aryl methyl sites for hydroxylation is 3. The Morgan fingerprint density at radius 1 is 0.833 bits per heavy atom. The van der Waals surface area contributed by atoms with E-state index >= 15 is 0 Å². The lowest BCUT2D eigenvalue weighted by Crippen LogP contribution is -2.15. The van der Waals surface area contributed by atoms with Gasteiger partial charge in [0.05, 0.1) is 0 Å². The number of nitrogens with one attached hydrogen (secondary N) is 1. The number of aliphatic hydroxyl groups is 1. The Balaban J connectivity index is 0.00000173. The second-order valence-electron chi connectivity index (χ2n) is 9.81. The molecule has 42 heavy (non-hydrogen) atoms. The number of nitrogens with zero attached hydrogens (tertiary/aromatic N) is 2. The lowest BCUT2D eigenvalue weighted by atomic mass is 9.99. The highest BCUT2D eigenvalue weighted by Crippen LogP contribution is 2.40. The molecule has 218 valence electrons. The predicted octanol–water partition coefficient (Wildman–Crippen LogP) is 6.21. The molecule has 9 heteroatoms. The molecule has 3 N–H and O–H groups in total. The van der Waals surface area contributed by atoms with Crippen LogP contribution < -0.4 is 24.3 Å². The molecule has 2 aromatic heterocycles. The first-order valence-corrected chi connectivity index (χ1v) is 13.7. The van der Waals surface area contributed by atoms with Crippen molar-refractivity contribution in [3.05, 3.63) is 89.5 Å². The second-order valence-corrected chi connectivity index (χ2v) is 9.81. The molecule has 1 aliphatic heterocycles. The molecule has 1 aliphatic rings. The SMILES string of the molecule is CO.Cc1ccc(OCCOc2cccc3nc(-c4c(C)cc(O)cc4C)c(Nc4ccc5c(c4)OCCO5)n23)cc1. The molecular weight excluding hydrogens is 534 g/mol. The van der Waals surface area contributed by atoms with E-state index in [1.165, 1.54) is 5.56 Å². The molecule has 0 bridgehead atoms. The van der Waals surface area contributed by atoms with Crippen molar-refractivity contribution in [1.29, 1.82) is 0 Å². The van der Waals surface area contributed by atoms with Crippen molar-refractivity contribution in [3.63, 3.8) is 0 Å². The summed E-state index contributed by atoms with van der Waals surface area (Å²) in [5.41, 5.74) is 6.24. The van der Waals surface area contributed by atoms with Crippen molar-refractivity contribution in [2.75, 3.05) is 38.9 Å². The van der Waals surface area contributed by atoms with Crippen molar-refractivity contribution in [2.24, 2.45) is 0 Å². The molecule has 0 fully saturated rings. The smallest absolute Gasteiger partial charge is 0.201 e. The van der Waals surface area contributed by atoms with Gasteiger partial charge in [-0.2, -0.15) is 0 Å². The first-order chi connectivity index (χ1) is 20.5. The maximum absolute atomic E-state index is 10.2. The van der Waals surface area contributed by atoms with Crippen LogP contribution in [0.3, 0.4) is 0 Å². The Labute approximate surface area is 244 Å². The predicted molar refractivity (Wildman–Crippen MR) is 163 cm³/mol. The monoisotopic (exact) mass is 569 g/mol. The van der Waals surface area contributed by atoms with Gasteiger partial charge in [-0.25, -0.2) is 9.38 Å². The van der Waals surface area contributed by atoms with E-state index < -0.39 is 0 Å². The summed E-state index contributed by atoms with van der Waals surface area (Å²) in [6.07, 6.45) is 0. The van der Waals surface area contributed by atoms with Crippen molar-refractivity contribution >= 4 is 17.2 Å². The van der Waals surface area contributed by atoms with E-state index in [1.54, 1.807) is 12.1 Å². The average molecular weight is 570 g/mol. The molecule has 0 atom stereocenters. The van der Waals surface area contributed by atoms with Crippen LogP contribution in [0.1, 0.15) is 16.7 Å². The maximum atomic E-state index is 10.2. The zero-order chi connectivity index (χ0) is 29.6. The summed E-state index contributed by atoms with van der Waals surface area (Å²) in [6.45, 7) is 7.77. The van der Waals surface area contributed by atoms with Crippen LogP contribution in [0, 0.1) is 20.8 Å². The van der Waals surface area contributed by atoms with Crippen LogP contribution in [0.4, 0.5) is 11.5 Å². The van der Waals surface area contributed by atoms with E-state index in [9.17, 15) is 5.11 Å². The average Bonchev–Trinajstić information content (AvgIpc) is 3.35. The van der Waals surface area contributed by atoms with Gasteiger partial charge in [-0.1, -0.05) is 23.8 Å². The van der Waals surface area contributed by atoms with Gasteiger partial charge in [0.15, 0.2) is 11.5 Å². The number of hydrogen-bond donors (Lipinski definition) is 3. The summed E-state index contributed by atoms with van der Waals surface area (Å²) in [5.74, 6) is 3.79. The quantitative estimate of drug-likeness (QED) is 0.189. The molecule has 5 aromatic rings. The number of rotatable bonds is 8. The van der Waals surface area contributed by atoms with Gasteiger partial charge in [-0.3, -0.25) is 0 Å². The first-order valence-electron chi connectivity index (χ1n) is 13.7. The van der Waals surface area contributed by atoms with Crippen LogP contribution >= 0.6 is 0 Å². The first kappa shape index (κ1) is 28.6. The van der Waals surface area contributed by atoms with Crippen molar-refractivity contribution in [2.45, 2.75) is 20.8 Å². The van der Waals surface area contributed by atoms with E-state index in [0.717, 1.165) is 58.1 Å². The number of aromatic nitrogens is 2. The number of aromatic hydroxyl groups is 1. The van der Waals surface area contributed by atoms with Crippen LogP contribution in [0.2, 0.25) is 0 Å². The molecule has 3 heterocycles. The van der Waals surface area contributed by atoms with Gasteiger partial charge in [0.25, 0.3) is 0 Å². The molecule has 0 aliphatic carbocycles. The fraction of sp³-hybridized carbons (Fsp3) is 0.242. The van der Waals surface area contributed by atoms with Crippen LogP contribution in [0.25, 0.3) is 16.9 Å². The highest BCUT2D eigenvalue weighted by atomic mass is 16.6. The normalized spacial score (nSPS) is 11.9. The zero-order valence-corrected chi connectivity index (χ0v) is 24.2. The highest BCUT2D eigenvalue weighted by Gasteiger charge is 2.22. The third kappa shape index (κ3) is 6.06. The Morgan fingerprint density at radius 2 is 1.52 bits per heavy atom. The molecule has 9 nitrogen and oxygen atoms in total. The van der Waals surface area contributed by atoms with Gasteiger partial charge in [0.1, 0.15) is 55.1 Å². The van der Waals surface area contributed by atoms with Crippen LogP contribution in [-0.2, 0) is 0 Å². The molecule has 0 saturated heterocycles. The Bertz CT molecular complexity index is 1660. The van der Waals surface area contributed by atoms with Crippen LogP contribution in [0.15, 0.2) is 72.8 Å². The number of aliphatic hydroxyl groups excluding tert-OH is 1. The Kier molecular flexibility index (Phi) is 8.68. The lowest BCUT2D eigenvalue weighted by Gasteiger charge is -2.20. The molecule has 3 aromatic carbocycles. The summed E-state index contributed by atoms with van der Waals surface area (Å²) >= 11 is 0. The molecule has 6 rings (SSSR count). The van der Waals surface area contributed by atoms with Gasteiger partial charge < -0.3 is 34.5 Å². The number of pyridine rings is 1. The fourth-order valence-electron chi connectivity index (χ4n) is 4.98. The minimum Gasteiger partial charge on any atom is -0.508 e. The topological polar surface area (TPSA) is 107 Å². The van der Waals surface area contributed by atoms with E-state index in [-0.39, 0.29) is 5.75 Å². The summed E-state index contributed by atoms with van der Waals surface area (Å²) in [6, 6.07) is 23.0. The van der Waals surface area contributed by atoms with Gasteiger partial charge in [-0.05, 0) is 80.4 Å². The number of phenolic OH excluding ortho intramolecular Hbond substituents is 1. The summed E-state index contributed by atoms with van der Waals surface area (Å²) in [7, 11) is 1.00.